The fourth-order valence-corrected chi connectivity index (χ4v) is 5.30. The van der Waals surface area contributed by atoms with Crippen LogP contribution in [0.2, 0.25) is 0 Å². The molecule has 4 aromatic rings. The summed E-state index contributed by atoms with van der Waals surface area (Å²) in [5.74, 6) is 1.22. The van der Waals surface area contributed by atoms with E-state index in [9.17, 15) is 4.79 Å². The third-order valence-electron chi connectivity index (χ3n) is 6.01. The SMILES string of the molecule is CC1Cc2ccccc2N1CCNC(=O)c1ccccc1SCc1nnnn1-c1ccccc1. The highest BCUT2D eigenvalue weighted by atomic mass is 32.2. The second kappa shape index (κ2) is 10.1. The molecule has 0 radical (unpaired) electrons. The minimum Gasteiger partial charge on any atom is -0.367 e. The molecule has 7 nitrogen and oxygen atoms in total. The number of amides is 1. The molecule has 0 saturated carbocycles. The molecule has 172 valence electrons. The summed E-state index contributed by atoms with van der Waals surface area (Å²) in [4.78, 5) is 16.3. The molecule has 1 aliphatic heterocycles. The molecule has 0 saturated heterocycles. The molecule has 1 N–H and O–H groups in total. The van der Waals surface area contributed by atoms with E-state index in [-0.39, 0.29) is 5.91 Å². The van der Waals surface area contributed by atoms with E-state index in [4.69, 9.17) is 0 Å². The van der Waals surface area contributed by atoms with Crippen molar-refractivity contribution in [2.24, 2.45) is 0 Å². The van der Waals surface area contributed by atoms with Crippen molar-refractivity contribution in [3.05, 3.63) is 95.8 Å². The Morgan fingerprint density at radius 3 is 2.68 bits per heavy atom. The van der Waals surface area contributed by atoms with Crippen molar-refractivity contribution in [1.82, 2.24) is 25.5 Å². The summed E-state index contributed by atoms with van der Waals surface area (Å²) in [6.45, 7) is 3.60. The van der Waals surface area contributed by atoms with E-state index >= 15 is 0 Å². The van der Waals surface area contributed by atoms with Gasteiger partial charge < -0.3 is 10.2 Å². The van der Waals surface area contributed by atoms with E-state index in [2.05, 4.69) is 56.9 Å². The van der Waals surface area contributed by atoms with Crippen LogP contribution in [-0.4, -0.2) is 45.2 Å². The lowest BCUT2D eigenvalue weighted by atomic mass is 10.1. The van der Waals surface area contributed by atoms with Crippen LogP contribution in [0.15, 0.2) is 83.8 Å². The molecule has 1 aromatic heterocycles. The number of fused-ring (bicyclic) bond motifs is 1. The largest absolute Gasteiger partial charge is 0.367 e. The standard InChI is InChI=1S/C26H26N6OS/c1-19-17-20-9-5-7-13-23(20)31(19)16-15-27-26(33)22-12-6-8-14-24(22)34-18-25-28-29-30-32(25)21-10-3-2-4-11-21/h2-14,19H,15-18H2,1H3,(H,27,33). The topological polar surface area (TPSA) is 75.9 Å². The zero-order chi connectivity index (χ0) is 23.3. The van der Waals surface area contributed by atoms with Crippen LogP contribution in [0.4, 0.5) is 5.69 Å². The van der Waals surface area contributed by atoms with Gasteiger partial charge in [0.05, 0.1) is 17.0 Å². The number of nitrogens with one attached hydrogen (secondary N) is 1. The third-order valence-corrected chi connectivity index (χ3v) is 7.08. The maximum absolute atomic E-state index is 13.0. The molecule has 5 rings (SSSR count). The number of hydrogen-bond acceptors (Lipinski definition) is 6. The van der Waals surface area contributed by atoms with Crippen LogP contribution in [0.3, 0.4) is 0 Å². The van der Waals surface area contributed by atoms with Crippen LogP contribution in [0.25, 0.3) is 5.69 Å². The maximum atomic E-state index is 13.0. The maximum Gasteiger partial charge on any atom is 0.252 e. The number of carbonyl (C=O) groups excluding carboxylic acids is 1. The highest BCUT2D eigenvalue weighted by Crippen LogP contribution is 2.31. The van der Waals surface area contributed by atoms with E-state index < -0.39 is 0 Å². The molecule has 3 aromatic carbocycles. The highest BCUT2D eigenvalue weighted by molar-refractivity contribution is 7.98. The van der Waals surface area contributed by atoms with Crippen molar-refractivity contribution in [2.45, 2.75) is 30.0 Å². The van der Waals surface area contributed by atoms with E-state index in [0.29, 0.717) is 23.9 Å². The van der Waals surface area contributed by atoms with Gasteiger partial charge in [-0.25, -0.2) is 0 Å². The highest BCUT2D eigenvalue weighted by Gasteiger charge is 2.25. The Balaban J connectivity index is 1.22. The smallest absolute Gasteiger partial charge is 0.252 e. The molecular weight excluding hydrogens is 444 g/mol. The Hall–Kier alpha value is -3.65. The van der Waals surface area contributed by atoms with Gasteiger partial charge in [0.2, 0.25) is 0 Å². The van der Waals surface area contributed by atoms with Gasteiger partial charge in [-0.05, 0) is 59.7 Å². The first kappa shape index (κ1) is 22.2. The minimum atomic E-state index is -0.0640. The molecule has 1 atom stereocenters. The molecule has 0 aliphatic carbocycles. The number of tetrazole rings is 1. The number of thioether (sulfide) groups is 1. The predicted octanol–water partition coefficient (Wildman–Crippen LogP) is 4.14. The quantitative estimate of drug-likeness (QED) is 0.390. The second-order valence-corrected chi connectivity index (χ2v) is 9.28. The number of hydrogen-bond donors (Lipinski definition) is 1. The molecule has 8 heteroatoms. The zero-order valence-electron chi connectivity index (χ0n) is 19.0. The number of nitrogens with zero attached hydrogens (tertiary/aromatic N) is 5. The van der Waals surface area contributed by atoms with E-state index in [1.54, 1.807) is 16.4 Å². The average molecular weight is 471 g/mol. The molecule has 1 amide bonds. The summed E-state index contributed by atoms with van der Waals surface area (Å²) in [6.07, 6.45) is 1.05. The molecule has 2 heterocycles. The van der Waals surface area contributed by atoms with Gasteiger partial charge in [-0.3, -0.25) is 4.79 Å². The summed E-state index contributed by atoms with van der Waals surface area (Å²) in [6, 6.07) is 26.4. The van der Waals surface area contributed by atoms with Gasteiger partial charge in [-0.2, -0.15) is 4.68 Å². The van der Waals surface area contributed by atoms with Gasteiger partial charge in [0, 0.05) is 29.7 Å². The first-order valence-corrected chi connectivity index (χ1v) is 12.4. The molecular formula is C26H26N6OS. The zero-order valence-corrected chi connectivity index (χ0v) is 19.8. The lowest BCUT2D eigenvalue weighted by Gasteiger charge is -2.25. The van der Waals surface area contributed by atoms with Crippen LogP contribution in [-0.2, 0) is 12.2 Å². The summed E-state index contributed by atoms with van der Waals surface area (Å²) in [7, 11) is 0. The lowest BCUT2D eigenvalue weighted by molar-refractivity contribution is 0.0951. The van der Waals surface area contributed by atoms with Crippen molar-refractivity contribution < 1.29 is 4.79 Å². The summed E-state index contributed by atoms with van der Waals surface area (Å²) in [5.41, 5.74) is 4.23. The van der Waals surface area contributed by atoms with E-state index in [1.165, 1.54) is 11.3 Å². The number of carbonyl (C=O) groups is 1. The Labute approximate surface area is 203 Å². The number of aromatic nitrogens is 4. The summed E-state index contributed by atoms with van der Waals surface area (Å²) < 4.78 is 1.73. The monoisotopic (exact) mass is 470 g/mol. The number of benzene rings is 3. The third kappa shape index (κ3) is 4.68. The number of para-hydroxylation sites is 2. The van der Waals surface area contributed by atoms with Crippen molar-refractivity contribution in [1.29, 1.82) is 0 Å². The predicted molar refractivity (Wildman–Crippen MR) is 134 cm³/mol. The van der Waals surface area contributed by atoms with Crippen molar-refractivity contribution in [3.8, 4) is 5.69 Å². The Morgan fingerprint density at radius 1 is 1.03 bits per heavy atom. The average Bonchev–Trinajstić information content (AvgIpc) is 3.47. The Bertz CT molecular complexity index is 1280. The van der Waals surface area contributed by atoms with Gasteiger partial charge in [0.15, 0.2) is 5.82 Å². The van der Waals surface area contributed by atoms with Crippen LogP contribution >= 0.6 is 11.8 Å². The van der Waals surface area contributed by atoms with Crippen LogP contribution < -0.4 is 10.2 Å². The van der Waals surface area contributed by atoms with Gasteiger partial charge in [0.1, 0.15) is 0 Å². The number of anilines is 1. The fourth-order valence-electron chi connectivity index (χ4n) is 4.34. The second-order valence-electron chi connectivity index (χ2n) is 8.26. The molecule has 0 bridgehead atoms. The van der Waals surface area contributed by atoms with Crippen LogP contribution in [0.5, 0.6) is 0 Å². The summed E-state index contributed by atoms with van der Waals surface area (Å²) >= 11 is 1.56. The van der Waals surface area contributed by atoms with Gasteiger partial charge in [-0.1, -0.05) is 48.5 Å². The molecule has 1 aliphatic rings. The number of rotatable bonds is 8. The van der Waals surface area contributed by atoms with Crippen LogP contribution in [0, 0.1) is 0 Å². The molecule has 1 unspecified atom stereocenters. The van der Waals surface area contributed by atoms with E-state index in [1.807, 2.05) is 54.6 Å². The molecule has 0 spiro atoms. The van der Waals surface area contributed by atoms with Crippen molar-refractivity contribution in [2.75, 3.05) is 18.0 Å². The minimum absolute atomic E-state index is 0.0640. The molecule has 34 heavy (non-hydrogen) atoms. The normalized spacial score (nSPS) is 14.7. The van der Waals surface area contributed by atoms with Crippen molar-refractivity contribution in [3.63, 3.8) is 0 Å². The first-order chi connectivity index (χ1) is 16.7. The van der Waals surface area contributed by atoms with Crippen molar-refractivity contribution >= 4 is 23.4 Å². The Morgan fingerprint density at radius 2 is 1.79 bits per heavy atom. The summed E-state index contributed by atoms with van der Waals surface area (Å²) in [5, 5.41) is 15.2. The fraction of sp³-hybridized carbons (Fsp3) is 0.231. The van der Waals surface area contributed by atoms with Crippen LogP contribution in [0.1, 0.15) is 28.7 Å². The van der Waals surface area contributed by atoms with Gasteiger partial charge in [-0.15, -0.1) is 16.9 Å². The Kier molecular flexibility index (Phi) is 6.58. The van der Waals surface area contributed by atoms with E-state index in [0.717, 1.165) is 29.4 Å². The lowest BCUT2D eigenvalue weighted by Crippen LogP contribution is -2.38. The first-order valence-electron chi connectivity index (χ1n) is 11.4. The van der Waals surface area contributed by atoms with Gasteiger partial charge in [0.25, 0.3) is 5.91 Å². The molecule has 0 fully saturated rings. The van der Waals surface area contributed by atoms with Gasteiger partial charge >= 0.3 is 0 Å².